The topological polar surface area (TPSA) is 50.9 Å². The van der Waals surface area contributed by atoms with E-state index in [2.05, 4.69) is 0 Å². The van der Waals surface area contributed by atoms with Crippen LogP contribution in [0.5, 0.6) is 5.75 Å². The molecule has 4 nitrogen and oxygen atoms in total. The van der Waals surface area contributed by atoms with Crippen LogP contribution in [0.4, 0.5) is 0 Å². The largest absolute Gasteiger partial charge is 0.507 e. The second kappa shape index (κ2) is 16.7. The first-order valence-corrected chi connectivity index (χ1v) is 21.1. The van der Waals surface area contributed by atoms with Crippen LogP contribution in [0.1, 0.15) is 157 Å². The van der Waals surface area contributed by atoms with Crippen LogP contribution in [0.15, 0.2) is 140 Å². The van der Waals surface area contributed by atoms with Gasteiger partial charge in [0, 0.05) is 55.9 Å². The van der Waals surface area contributed by atoms with Crippen molar-refractivity contribution in [2.45, 2.75) is 118 Å². The molecule has 0 unspecified atom stereocenters. The second-order valence-electron chi connectivity index (χ2n) is 18.0. The van der Waals surface area contributed by atoms with Crippen LogP contribution >= 0.6 is 0 Å². The molecule has 4 heteroatoms. The number of benzene rings is 6. The molecule has 2 aromatic heterocycles. The van der Waals surface area contributed by atoms with Crippen LogP contribution in [0.25, 0.3) is 72.7 Å². The van der Waals surface area contributed by atoms with Crippen LogP contribution < -0.4 is 0 Å². The van der Waals surface area contributed by atoms with Gasteiger partial charge in [-0.25, -0.2) is 4.98 Å². The van der Waals surface area contributed by atoms with Crippen LogP contribution in [-0.2, 0) is 16.2 Å². The quantitative estimate of drug-likeness (QED) is 0.166. The summed E-state index contributed by atoms with van der Waals surface area (Å²) >= 11 is 0. The minimum atomic E-state index is -4.16. The summed E-state index contributed by atoms with van der Waals surface area (Å²) in [5, 5.41) is 13.1. The van der Waals surface area contributed by atoms with Crippen LogP contribution in [0.2, 0.25) is 0 Å². The fraction of sp³-hybridized carbons (Fsp3) is 0.300. The van der Waals surface area contributed by atoms with Crippen molar-refractivity contribution >= 4 is 11.0 Å². The number of pyridine rings is 1. The van der Waals surface area contributed by atoms with Gasteiger partial charge in [-0.05, 0) is 121 Å². The number of phenolic OH excluding ortho intramolecular Hbond substituents is 1. The van der Waals surface area contributed by atoms with E-state index >= 15 is 0 Å². The molecule has 8 rings (SSSR count). The zero-order valence-electron chi connectivity index (χ0n) is 57.1. The Morgan fingerprint density at radius 1 is 0.547 bits per heavy atom. The van der Waals surface area contributed by atoms with Gasteiger partial charge in [0.25, 0.3) is 0 Å². The highest BCUT2D eigenvalue weighted by Gasteiger charge is 2.30. The molecular formula is C60H65N3O. The molecule has 0 bridgehead atoms. The number of hydrogen-bond acceptors (Lipinski definition) is 3. The Balaban J connectivity index is 1.59. The first-order valence-electron chi connectivity index (χ1n) is 31.1. The highest BCUT2D eigenvalue weighted by molar-refractivity contribution is 5.98. The maximum absolute atomic E-state index is 13.1. The molecule has 0 aliphatic heterocycles. The monoisotopic (exact) mass is 864 g/mol. The van der Waals surface area contributed by atoms with E-state index in [1.165, 1.54) is 4.57 Å². The summed E-state index contributed by atoms with van der Waals surface area (Å²) < 4.78 is 177. The normalized spacial score (nSPS) is 18.6. The Morgan fingerprint density at radius 3 is 1.89 bits per heavy atom. The van der Waals surface area contributed by atoms with Gasteiger partial charge in [-0.3, -0.25) is 9.55 Å². The maximum atomic E-state index is 13.1. The number of imidazole rings is 1. The van der Waals surface area contributed by atoms with Gasteiger partial charge in [-0.15, -0.1) is 0 Å². The number of aromatic hydroxyl groups is 1. The van der Waals surface area contributed by atoms with E-state index in [-0.39, 0.29) is 22.8 Å². The van der Waals surface area contributed by atoms with Crippen LogP contribution in [0, 0.1) is 0 Å². The molecule has 0 spiro atoms. The third-order valence-electron chi connectivity index (χ3n) is 11.7. The lowest BCUT2D eigenvalue weighted by atomic mass is 9.79. The summed E-state index contributed by atoms with van der Waals surface area (Å²) in [4.78, 5) is 10.00. The summed E-state index contributed by atoms with van der Waals surface area (Å²) in [5.74, 6) is -3.86. The average Bonchev–Trinajstić information content (AvgIpc) is 3.91. The Morgan fingerprint density at radius 2 is 1.22 bits per heavy atom. The Kier molecular flexibility index (Phi) is 6.76. The molecule has 6 aromatic carbocycles. The Labute approximate surface area is 410 Å². The molecule has 0 saturated carbocycles. The van der Waals surface area contributed by atoms with Gasteiger partial charge >= 0.3 is 0 Å². The molecule has 0 aliphatic carbocycles. The Hall–Kier alpha value is -6.26. The van der Waals surface area contributed by atoms with Crippen molar-refractivity contribution in [3.8, 4) is 67.5 Å². The molecule has 0 saturated heterocycles. The predicted molar refractivity (Wildman–Crippen MR) is 272 cm³/mol. The van der Waals surface area contributed by atoms with Crippen molar-refractivity contribution in [1.82, 2.24) is 14.5 Å². The van der Waals surface area contributed by atoms with Gasteiger partial charge < -0.3 is 5.11 Å². The van der Waals surface area contributed by atoms with E-state index in [9.17, 15) is 5.11 Å². The Bertz CT molecular complexity index is 3700. The van der Waals surface area contributed by atoms with Gasteiger partial charge in [0.05, 0.1) is 28.0 Å². The molecule has 1 N–H and O–H groups in total. The third kappa shape index (κ3) is 8.68. The van der Waals surface area contributed by atoms with Gasteiger partial charge in [-0.1, -0.05) is 175 Å². The average molecular weight is 864 g/mol. The van der Waals surface area contributed by atoms with Gasteiger partial charge in [-0.2, -0.15) is 0 Å². The van der Waals surface area contributed by atoms with Crippen molar-refractivity contribution in [3.63, 3.8) is 0 Å². The first kappa shape index (κ1) is 25.9. The summed E-state index contributed by atoms with van der Waals surface area (Å²) in [6, 6.07) is 37.4. The molecule has 0 radical (unpaired) electrons. The lowest BCUT2D eigenvalue weighted by molar-refractivity contribution is 0.446. The van der Waals surface area contributed by atoms with E-state index in [0.717, 1.165) is 22.3 Å². The number of para-hydroxylation sites is 1. The molecule has 64 heavy (non-hydrogen) atoms. The zero-order valence-corrected chi connectivity index (χ0v) is 37.1. The number of fused-ring (bicyclic) bond motifs is 1. The summed E-state index contributed by atoms with van der Waals surface area (Å²) in [6.07, 6.45) is 1.69. The zero-order chi connectivity index (χ0) is 62.7. The van der Waals surface area contributed by atoms with E-state index < -0.39 is 97.4 Å². The first-order chi connectivity index (χ1) is 38.3. The second-order valence-corrected chi connectivity index (χ2v) is 18.0. The van der Waals surface area contributed by atoms with Gasteiger partial charge in [0.1, 0.15) is 11.6 Å². The number of hydrogen-bond donors (Lipinski definition) is 1. The molecule has 0 atom stereocenters. The van der Waals surface area contributed by atoms with Crippen molar-refractivity contribution in [2.75, 3.05) is 0 Å². The number of phenols is 1. The summed E-state index contributed by atoms with van der Waals surface area (Å²) in [6.45, 7) is -11.6. The van der Waals surface area contributed by atoms with E-state index in [1.54, 1.807) is 86.8 Å². The van der Waals surface area contributed by atoms with E-state index in [0.29, 0.717) is 45.1 Å². The molecule has 0 fully saturated rings. The molecule has 2 heterocycles. The third-order valence-corrected chi connectivity index (χ3v) is 11.7. The molecular weight excluding hydrogens is 779 g/mol. The van der Waals surface area contributed by atoms with E-state index in [4.69, 9.17) is 37.4 Å². The lowest BCUT2D eigenvalue weighted by Gasteiger charge is -2.27. The van der Waals surface area contributed by atoms with Gasteiger partial charge in [0.15, 0.2) is 0 Å². The molecule has 0 amide bonds. The number of aromatic nitrogens is 3. The van der Waals surface area contributed by atoms with Crippen molar-refractivity contribution in [1.29, 1.82) is 0 Å². The highest BCUT2D eigenvalue weighted by atomic mass is 16.3. The molecule has 8 aromatic rings. The molecule has 326 valence electrons. The fourth-order valence-electron chi connectivity index (χ4n) is 8.08. The number of rotatable bonds is 8. The predicted octanol–water partition coefficient (Wildman–Crippen LogP) is 16.6. The summed E-state index contributed by atoms with van der Waals surface area (Å²) in [5.41, 5.74) is -4.45. The van der Waals surface area contributed by atoms with E-state index in [1.807, 2.05) is 89.2 Å². The maximum Gasteiger partial charge on any atom is 0.149 e. The van der Waals surface area contributed by atoms with Crippen LogP contribution in [-0.4, -0.2) is 19.6 Å². The minimum absolute atomic E-state index is 0.140. The van der Waals surface area contributed by atoms with Crippen molar-refractivity contribution in [3.05, 3.63) is 167 Å². The SMILES string of the molecule is [2H]C(C)(C)c1ccc(-c2ccnc(-c3cc(-c4cccc5c4nc(-c4cc(C(C([2H])([2H])[2H])(C([2H])([2H])[2H])C([2H])([2H])[2H])cc(C(C([2H])([2H])[2H])(C([2H])([2H])[2H])C([2H])([2H])[2H])c4O)n5-c4ccc(C([2H])(C)C)cc4-c4ccccc4)cc(C(C)(C)C)c3)c2)cc1. The standard InChI is InChI=1S/C60H65N3O/c1-37(2)39-22-24-40(25-23-39)43-28-29-61-52(34-43)45-30-44(31-46(32-45)58(5,6)7)48-20-17-21-54-55(48)62-57(50-35-47(59(8,9)10)36-51(56(50)64)60(11,12)13)63(54)53-27-26-42(38(3)4)33-49(53)41-18-15-14-16-19-41/h14-38,64H,1-13H3/i8D3,9D3,10D3,11D3,12D3,13D3,37D,38D. The van der Waals surface area contributed by atoms with Gasteiger partial charge in [0.2, 0.25) is 0 Å². The van der Waals surface area contributed by atoms with Crippen molar-refractivity contribution < 1.29 is 32.5 Å². The minimum Gasteiger partial charge on any atom is -0.507 e. The number of nitrogens with zero attached hydrogens (tertiary/aromatic N) is 3. The van der Waals surface area contributed by atoms with Crippen LogP contribution in [0.3, 0.4) is 0 Å². The fourth-order valence-corrected chi connectivity index (χ4v) is 8.08. The summed E-state index contributed by atoms with van der Waals surface area (Å²) in [7, 11) is 0. The smallest absolute Gasteiger partial charge is 0.149 e. The van der Waals surface area contributed by atoms with Crippen molar-refractivity contribution in [2.24, 2.45) is 0 Å². The lowest BCUT2D eigenvalue weighted by Crippen LogP contribution is -2.17. The molecule has 0 aliphatic rings. The highest BCUT2D eigenvalue weighted by Crippen LogP contribution is 2.46.